The van der Waals surface area contributed by atoms with Crippen molar-refractivity contribution in [2.75, 3.05) is 10.6 Å². The van der Waals surface area contributed by atoms with E-state index in [0.717, 1.165) is 17.7 Å². The Morgan fingerprint density at radius 2 is 1.55 bits per heavy atom. The van der Waals surface area contributed by atoms with Gasteiger partial charge in [-0.05, 0) is 66.2 Å². The molecule has 0 aliphatic rings. The van der Waals surface area contributed by atoms with Crippen LogP contribution in [-0.2, 0) is 12.7 Å². The number of ether oxygens (including phenoxy) is 1. The van der Waals surface area contributed by atoms with E-state index in [1.54, 1.807) is 30.3 Å². The molecule has 0 unspecified atom stereocenters. The SMILES string of the molecule is O=C(Nc1ccc(Oc2ccnc(C(=O)NNCc3ccc(O)cc3)c2)cc1)Nc1ccc(Cl)c(C(F)(F)F)c1. The lowest BCUT2D eigenvalue weighted by Crippen LogP contribution is -2.37. The molecule has 206 valence electrons. The van der Waals surface area contributed by atoms with E-state index in [0.29, 0.717) is 23.7 Å². The number of alkyl halides is 3. The molecule has 4 aromatic rings. The van der Waals surface area contributed by atoms with Gasteiger partial charge in [0.2, 0.25) is 0 Å². The average molecular weight is 572 g/mol. The van der Waals surface area contributed by atoms with E-state index in [4.69, 9.17) is 16.3 Å². The van der Waals surface area contributed by atoms with Crippen LogP contribution in [0.2, 0.25) is 5.02 Å². The average Bonchev–Trinajstić information content (AvgIpc) is 2.91. The molecule has 0 bridgehead atoms. The molecular formula is C27H21ClF3N5O4. The van der Waals surface area contributed by atoms with Crippen molar-refractivity contribution in [1.29, 1.82) is 0 Å². The molecule has 1 heterocycles. The molecule has 0 aliphatic heterocycles. The maximum Gasteiger partial charge on any atom is 0.417 e. The number of hydrogen-bond donors (Lipinski definition) is 5. The molecule has 4 rings (SSSR count). The fourth-order valence-electron chi connectivity index (χ4n) is 3.36. The Morgan fingerprint density at radius 1 is 0.875 bits per heavy atom. The number of aromatic hydroxyl groups is 1. The van der Waals surface area contributed by atoms with E-state index in [1.807, 2.05) is 0 Å². The van der Waals surface area contributed by atoms with Crippen LogP contribution in [0.5, 0.6) is 17.2 Å². The molecule has 5 N–H and O–H groups in total. The van der Waals surface area contributed by atoms with Crippen LogP contribution >= 0.6 is 11.6 Å². The van der Waals surface area contributed by atoms with Gasteiger partial charge in [-0.25, -0.2) is 10.2 Å². The van der Waals surface area contributed by atoms with Crippen molar-refractivity contribution in [2.45, 2.75) is 12.7 Å². The number of carbonyl (C=O) groups is 2. The van der Waals surface area contributed by atoms with Crippen LogP contribution in [0.1, 0.15) is 21.6 Å². The van der Waals surface area contributed by atoms with Crippen LogP contribution in [0.25, 0.3) is 0 Å². The highest BCUT2D eigenvalue weighted by atomic mass is 35.5. The summed E-state index contributed by atoms with van der Waals surface area (Å²) < 4.78 is 44.8. The first-order valence-corrected chi connectivity index (χ1v) is 11.9. The zero-order valence-electron chi connectivity index (χ0n) is 20.4. The van der Waals surface area contributed by atoms with E-state index in [2.05, 4.69) is 26.5 Å². The first-order chi connectivity index (χ1) is 19.1. The van der Waals surface area contributed by atoms with Gasteiger partial charge >= 0.3 is 12.2 Å². The summed E-state index contributed by atoms with van der Waals surface area (Å²) in [6.07, 6.45) is -3.25. The van der Waals surface area contributed by atoms with Crippen molar-refractivity contribution in [3.8, 4) is 17.2 Å². The van der Waals surface area contributed by atoms with Gasteiger partial charge in [0.15, 0.2) is 0 Å². The summed E-state index contributed by atoms with van der Waals surface area (Å²) in [5.41, 5.74) is 5.47. The van der Waals surface area contributed by atoms with Gasteiger partial charge in [-0.15, -0.1) is 0 Å². The molecule has 0 fully saturated rings. The molecule has 3 amide bonds. The molecule has 0 saturated heterocycles. The molecule has 9 nitrogen and oxygen atoms in total. The van der Waals surface area contributed by atoms with E-state index in [-0.39, 0.29) is 17.1 Å². The van der Waals surface area contributed by atoms with E-state index >= 15 is 0 Å². The number of aromatic nitrogens is 1. The second-order valence-electron chi connectivity index (χ2n) is 8.25. The third-order valence-corrected chi connectivity index (χ3v) is 5.60. The highest BCUT2D eigenvalue weighted by molar-refractivity contribution is 6.31. The fourth-order valence-corrected chi connectivity index (χ4v) is 3.58. The molecule has 0 spiro atoms. The number of benzene rings is 3. The van der Waals surface area contributed by atoms with Gasteiger partial charge in [0, 0.05) is 30.2 Å². The fraction of sp³-hybridized carbons (Fsp3) is 0.0741. The minimum atomic E-state index is -4.66. The maximum atomic E-state index is 13.0. The Morgan fingerprint density at radius 3 is 2.25 bits per heavy atom. The molecule has 0 atom stereocenters. The van der Waals surface area contributed by atoms with E-state index in [1.165, 1.54) is 42.6 Å². The predicted molar refractivity (Wildman–Crippen MR) is 142 cm³/mol. The summed E-state index contributed by atoms with van der Waals surface area (Å²) in [5.74, 6) is 0.380. The third-order valence-electron chi connectivity index (χ3n) is 5.27. The number of carbonyl (C=O) groups excluding carboxylic acids is 2. The summed E-state index contributed by atoms with van der Waals surface area (Å²) in [7, 11) is 0. The minimum Gasteiger partial charge on any atom is -0.508 e. The zero-order valence-corrected chi connectivity index (χ0v) is 21.2. The van der Waals surface area contributed by atoms with Crippen molar-refractivity contribution in [1.82, 2.24) is 15.8 Å². The van der Waals surface area contributed by atoms with Gasteiger partial charge in [0.1, 0.15) is 22.9 Å². The van der Waals surface area contributed by atoms with Crippen LogP contribution in [0.15, 0.2) is 85.1 Å². The quantitative estimate of drug-likeness (QED) is 0.157. The summed E-state index contributed by atoms with van der Waals surface area (Å²) in [4.78, 5) is 28.7. The van der Waals surface area contributed by atoms with Crippen LogP contribution in [0.3, 0.4) is 0 Å². The van der Waals surface area contributed by atoms with Crippen LogP contribution in [-0.4, -0.2) is 22.0 Å². The highest BCUT2D eigenvalue weighted by Crippen LogP contribution is 2.36. The number of rotatable bonds is 8. The first kappa shape index (κ1) is 28.2. The highest BCUT2D eigenvalue weighted by Gasteiger charge is 2.33. The number of phenolic OH excluding ortho intramolecular Hbond substituents is 1. The van der Waals surface area contributed by atoms with Gasteiger partial charge in [0.05, 0.1) is 10.6 Å². The number of nitrogens with zero attached hydrogens (tertiary/aromatic N) is 1. The van der Waals surface area contributed by atoms with Crippen molar-refractivity contribution in [3.63, 3.8) is 0 Å². The van der Waals surface area contributed by atoms with Crippen molar-refractivity contribution in [3.05, 3.63) is 107 Å². The number of pyridine rings is 1. The third kappa shape index (κ3) is 7.85. The number of hydrazine groups is 1. The lowest BCUT2D eigenvalue weighted by atomic mass is 10.2. The molecule has 40 heavy (non-hydrogen) atoms. The van der Waals surface area contributed by atoms with Crippen molar-refractivity contribution < 1.29 is 32.6 Å². The molecule has 3 aromatic carbocycles. The summed E-state index contributed by atoms with van der Waals surface area (Å²) in [6.45, 7) is 0.328. The molecular weight excluding hydrogens is 551 g/mol. The number of nitrogens with one attached hydrogen (secondary N) is 4. The number of halogens is 4. The first-order valence-electron chi connectivity index (χ1n) is 11.6. The Balaban J connectivity index is 1.30. The van der Waals surface area contributed by atoms with Crippen LogP contribution in [0.4, 0.5) is 29.3 Å². The lowest BCUT2D eigenvalue weighted by molar-refractivity contribution is -0.137. The van der Waals surface area contributed by atoms with E-state index in [9.17, 15) is 27.9 Å². The number of amides is 3. The van der Waals surface area contributed by atoms with Gasteiger partial charge in [0.25, 0.3) is 5.91 Å². The predicted octanol–water partition coefficient (Wildman–Crippen LogP) is 6.33. The monoisotopic (exact) mass is 571 g/mol. The van der Waals surface area contributed by atoms with Gasteiger partial charge in [-0.2, -0.15) is 13.2 Å². The minimum absolute atomic E-state index is 0.0812. The summed E-state index contributed by atoms with van der Waals surface area (Å²) >= 11 is 5.60. The Hall–Kier alpha value is -4.81. The second kappa shape index (κ2) is 12.4. The van der Waals surface area contributed by atoms with Gasteiger partial charge < -0.3 is 20.5 Å². The lowest BCUT2D eigenvalue weighted by Gasteiger charge is -2.13. The molecule has 0 saturated carbocycles. The number of urea groups is 1. The van der Waals surface area contributed by atoms with Gasteiger partial charge in [-0.3, -0.25) is 15.2 Å². The number of hydrogen-bond acceptors (Lipinski definition) is 6. The smallest absolute Gasteiger partial charge is 0.417 e. The number of phenols is 1. The molecule has 1 aromatic heterocycles. The molecule has 0 aliphatic carbocycles. The number of anilines is 2. The van der Waals surface area contributed by atoms with Crippen molar-refractivity contribution in [2.24, 2.45) is 0 Å². The Kier molecular flexibility index (Phi) is 8.72. The largest absolute Gasteiger partial charge is 0.508 e. The van der Waals surface area contributed by atoms with Gasteiger partial charge in [-0.1, -0.05) is 23.7 Å². The molecule has 13 heteroatoms. The molecule has 0 radical (unpaired) electrons. The zero-order chi connectivity index (χ0) is 28.7. The standard InChI is InChI=1S/C27H21ClF3N5O4/c28-23-10-5-18(13-22(23)27(29,30)31)35-26(39)34-17-3-8-20(9-4-17)40-21-11-12-32-24(14-21)25(38)36-33-15-16-1-6-19(37)7-2-16/h1-14,33,37H,15H2,(H,36,38)(H2,34,35,39). The summed E-state index contributed by atoms with van der Waals surface area (Å²) in [5, 5.41) is 13.7. The maximum absolute atomic E-state index is 13.0. The van der Waals surface area contributed by atoms with Crippen molar-refractivity contribution >= 4 is 34.9 Å². The Bertz CT molecular complexity index is 1500. The topological polar surface area (TPSA) is 125 Å². The Labute approximate surface area is 230 Å². The van der Waals surface area contributed by atoms with Crippen LogP contribution < -0.4 is 26.2 Å². The normalized spacial score (nSPS) is 11.0. The summed E-state index contributed by atoms with van der Waals surface area (Å²) in [6, 6.07) is 17.9. The van der Waals surface area contributed by atoms with Crippen LogP contribution in [0, 0.1) is 0 Å². The second-order valence-corrected chi connectivity index (χ2v) is 8.66. The van der Waals surface area contributed by atoms with E-state index < -0.39 is 28.7 Å².